The van der Waals surface area contributed by atoms with Gasteiger partial charge in [-0.25, -0.2) is 4.98 Å². The van der Waals surface area contributed by atoms with Gasteiger partial charge in [-0.15, -0.1) is 11.3 Å². The number of carbonyl (C=O) groups excluding carboxylic acids is 2. The van der Waals surface area contributed by atoms with E-state index >= 15 is 0 Å². The van der Waals surface area contributed by atoms with E-state index in [1.165, 1.54) is 11.3 Å². The van der Waals surface area contributed by atoms with Crippen LogP contribution in [0.1, 0.15) is 40.1 Å². The van der Waals surface area contributed by atoms with Gasteiger partial charge >= 0.3 is 0 Å². The van der Waals surface area contributed by atoms with Crippen LogP contribution in [-0.4, -0.2) is 41.3 Å². The number of para-hydroxylation sites is 1. The summed E-state index contributed by atoms with van der Waals surface area (Å²) in [7, 11) is 0. The number of amides is 2. The van der Waals surface area contributed by atoms with Crippen LogP contribution in [0, 0.1) is 6.92 Å². The Kier molecular flexibility index (Phi) is 5.11. The van der Waals surface area contributed by atoms with Crippen LogP contribution in [0.2, 0.25) is 5.02 Å². The molecule has 0 radical (unpaired) electrons. The van der Waals surface area contributed by atoms with Crippen LogP contribution in [0.3, 0.4) is 0 Å². The van der Waals surface area contributed by atoms with Gasteiger partial charge in [-0.1, -0.05) is 37.6 Å². The highest BCUT2D eigenvalue weighted by Gasteiger charge is 2.31. The number of benzene rings is 1. The van der Waals surface area contributed by atoms with Crippen LogP contribution in [0.15, 0.2) is 24.3 Å². The van der Waals surface area contributed by atoms with Crippen molar-refractivity contribution in [1.82, 2.24) is 9.88 Å². The molecule has 25 heavy (non-hydrogen) atoms. The second-order valence-corrected chi connectivity index (χ2v) is 7.78. The van der Waals surface area contributed by atoms with Gasteiger partial charge in [0.1, 0.15) is 11.4 Å². The van der Waals surface area contributed by atoms with E-state index in [0.717, 1.165) is 10.7 Å². The molecule has 0 N–H and O–H groups in total. The largest absolute Gasteiger partial charge is 0.327 e. The summed E-state index contributed by atoms with van der Waals surface area (Å²) in [5, 5.41) is 1.48. The fraction of sp³-hybridized carbons (Fsp3) is 0.389. The lowest BCUT2D eigenvalue weighted by molar-refractivity contribution is -0.120. The summed E-state index contributed by atoms with van der Waals surface area (Å²) in [5.41, 5.74) is 1.43. The molecule has 1 aromatic carbocycles. The SMILES string of the molecule is Cc1nc(C(C)C)sc1C(=O)N1CCN(c2ccccc2Cl)C(=O)C1. The van der Waals surface area contributed by atoms with Gasteiger partial charge in [-0.2, -0.15) is 0 Å². The number of hydrogen-bond acceptors (Lipinski definition) is 4. The Hall–Kier alpha value is -1.92. The molecule has 0 atom stereocenters. The highest BCUT2D eigenvalue weighted by atomic mass is 35.5. The molecule has 2 heterocycles. The van der Waals surface area contributed by atoms with Crippen molar-refractivity contribution in [1.29, 1.82) is 0 Å². The molecule has 0 bridgehead atoms. The lowest BCUT2D eigenvalue weighted by Crippen LogP contribution is -2.52. The first-order chi connectivity index (χ1) is 11.9. The smallest absolute Gasteiger partial charge is 0.266 e. The van der Waals surface area contributed by atoms with Gasteiger partial charge in [-0.05, 0) is 19.1 Å². The molecule has 0 unspecified atom stereocenters. The summed E-state index contributed by atoms with van der Waals surface area (Å²) in [6.45, 7) is 6.92. The van der Waals surface area contributed by atoms with Crippen molar-refractivity contribution in [3.8, 4) is 0 Å². The van der Waals surface area contributed by atoms with Crippen LogP contribution in [0.5, 0.6) is 0 Å². The molecule has 1 aliphatic rings. The van der Waals surface area contributed by atoms with Crippen LogP contribution in [-0.2, 0) is 4.79 Å². The number of nitrogens with zero attached hydrogens (tertiary/aromatic N) is 3. The Labute approximate surface area is 156 Å². The highest BCUT2D eigenvalue weighted by Crippen LogP contribution is 2.29. The predicted octanol–water partition coefficient (Wildman–Crippen LogP) is 3.72. The summed E-state index contributed by atoms with van der Waals surface area (Å²) in [5.74, 6) is 0.0389. The Morgan fingerprint density at radius 2 is 2.00 bits per heavy atom. The Balaban J connectivity index is 1.76. The number of carbonyl (C=O) groups is 2. The number of aromatic nitrogens is 1. The minimum atomic E-state index is -0.126. The predicted molar refractivity (Wildman–Crippen MR) is 101 cm³/mol. The molecule has 2 aromatic rings. The number of hydrogen-bond donors (Lipinski definition) is 0. The number of thiazole rings is 1. The average molecular weight is 378 g/mol. The van der Waals surface area contributed by atoms with Crippen LogP contribution >= 0.6 is 22.9 Å². The summed E-state index contributed by atoms with van der Waals surface area (Å²) in [6.07, 6.45) is 0. The number of rotatable bonds is 3. The van der Waals surface area contributed by atoms with Crippen molar-refractivity contribution in [2.24, 2.45) is 0 Å². The summed E-state index contributed by atoms with van der Waals surface area (Å²) >= 11 is 7.61. The maximum absolute atomic E-state index is 12.8. The molecule has 1 aromatic heterocycles. The molecule has 1 fully saturated rings. The minimum absolute atomic E-state index is 0.0540. The molecule has 0 spiro atoms. The number of halogens is 1. The Morgan fingerprint density at radius 3 is 2.60 bits per heavy atom. The second kappa shape index (κ2) is 7.14. The van der Waals surface area contributed by atoms with Crippen molar-refractivity contribution < 1.29 is 9.59 Å². The van der Waals surface area contributed by atoms with Crippen molar-refractivity contribution in [2.45, 2.75) is 26.7 Å². The van der Waals surface area contributed by atoms with Crippen molar-refractivity contribution in [3.63, 3.8) is 0 Å². The molecule has 5 nitrogen and oxygen atoms in total. The van der Waals surface area contributed by atoms with Gasteiger partial charge in [0.25, 0.3) is 5.91 Å². The number of piperazine rings is 1. The zero-order valence-electron chi connectivity index (χ0n) is 14.5. The van der Waals surface area contributed by atoms with E-state index in [2.05, 4.69) is 18.8 Å². The molecule has 2 amide bonds. The zero-order chi connectivity index (χ0) is 18.1. The zero-order valence-corrected chi connectivity index (χ0v) is 16.0. The van der Waals surface area contributed by atoms with E-state index in [1.807, 2.05) is 25.1 Å². The van der Waals surface area contributed by atoms with E-state index in [9.17, 15) is 9.59 Å². The summed E-state index contributed by atoms with van der Waals surface area (Å²) < 4.78 is 0. The fourth-order valence-electron chi connectivity index (χ4n) is 2.78. The first-order valence-electron chi connectivity index (χ1n) is 8.20. The van der Waals surface area contributed by atoms with E-state index in [4.69, 9.17) is 11.6 Å². The molecule has 0 aliphatic carbocycles. The van der Waals surface area contributed by atoms with Crippen LogP contribution < -0.4 is 4.90 Å². The van der Waals surface area contributed by atoms with Gasteiger partial charge in [-0.3, -0.25) is 9.59 Å². The first-order valence-corrected chi connectivity index (χ1v) is 9.39. The highest BCUT2D eigenvalue weighted by molar-refractivity contribution is 7.13. The van der Waals surface area contributed by atoms with E-state index in [-0.39, 0.29) is 24.3 Å². The standard InChI is InChI=1S/C18H20ClN3O2S/c1-11(2)17-20-12(3)16(25-17)18(24)21-8-9-22(15(23)10-21)14-7-5-4-6-13(14)19/h4-7,11H,8-10H2,1-3H3. The minimum Gasteiger partial charge on any atom is -0.327 e. The van der Waals surface area contributed by atoms with Crippen molar-refractivity contribution in [2.75, 3.05) is 24.5 Å². The summed E-state index contributed by atoms with van der Waals surface area (Å²) in [4.78, 5) is 33.7. The fourth-order valence-corrected chi connectivity index (χ4v) is 4.05. The molecule has 0 saturated carbocycles. The number of anilines is 1. The lowest BCUT2D eigenvalue weighted by atomic mass is 10.2. The molecular weight excluding hydrogens is 358 g/mol. The molecule has 7 heteroatoms. The molecule has 1 aliphatic heterocycles. The Morgan fingerprint density at radius 1 is 1.28 bits per heavy atom. The first kappa shape index (κ1) is 17.9. The topological polar surface area (TPSA) is 53.5 Å². The van der Waals surface area contributed by atoms with Gasteiger partial charge in [0.2, 0.25) is 5.91 Å². The van der Waals surface area contributed by atoms with Gasteiger partial charge < -0.3 is 9.80 Å². The molecule has 132 valence electrons. The molecular formula is C18H20ClN3O2S. The average Bonchev–Trinajstić information content (AvgIpc) is 2.97. The quantitative estimate of drug-likeness (QED) is 0.819. The van der Waals surface area contributed by atoms with E-state index in [0.29, 0.717) is 28.7 Å². The van der Waals surface area contributed by atoms with Crippen LogP contribution in [0.25, 0.3) is 0 Å². The van der Waals surface area contributed by atoms with Gasteiger partial charge in [0.15, 0.2) is 0 Å². The second-order valence-electron chi connectivity index (χ2n) is 6.34. The van der Waals surface area contributed by atoms with Crippen LogP contribution in [0.4, 0.5) is 5.69 Å². The number of aryl methyl sites for hydroxylation is 1. The van der Waals surface area contributed by atoms with Crippen molar-refractivity contribution >= 4 is 40.4 Å². The summed E-state index contributed by atoms with van der Waals surface area (Å²) in [6, 6.07) is 7.25. The lowest BCUT2D eigenvalue weighted by Gasteiger charge is -2.34. The van der Waals surface area contributed by atoms with E-state index in [1.54, 1.807) is 15.9 Å². The molecule has 3 rings (SSSR count). The monoisotopic (exact) mass is 377 g/mol. The van der Waals surface area contributed by atoms with E-state index < -0.39 is 0 Å². The maximum atomic E-state index is 12.8. The van der Waals surface area contributed by atoms with Gasteiger partial charge in [0, 0.05) is 19.0 Å². The Bertz CT molecular complexity index is 818. The maximum Gasteiger partial charge on any atom is 0.266 e. The third-order valence-electron chi connectivity index (χ3n) is 4.15. The third-order valence-corrected chi connectivity index (χ3v) is 5.92. The molecule has 1 saturated heterocycles. The third kappa shape index (κ3) is 3.55. The van der Waals surface area contributed by atoms with Crippen molar-refractivity contribution in [3.05, 3.63) is 44.9 Å². The van der Waals surface area contributed by atoms with Gasteiger partial charge in [0.05, 0.1) is 21.4 Å². The normalized spacial score (nSPS) is 15.2.